The molecular formula is C5H14O3Si. The van der Waals surface area contributed by atoms with Gasteiger partial charge >= 0.3 is 9.28 Å². The van der Waals surface area contributed by atoms with Gasteiger partial charge in [-0.15, -0.1) is 0 Å². The van der Waals surface area contributed by atoms with Crippen LogP contribution in [-0.4, -0.2) is 33.8 Å². The third-order valence-electron chi connectivity index (χ3n) is 1.00. The zero-order valence-corrected chi connectivity index (χ0v) is 7.50. The summed E-state index contributed by atoms with van der Waals surface area (Å²) in [5.41, 5.74) is 0. The maximum absolute atomic E-state index is 9.29. The highest BCUT2D eigenvalue weighted by Crippen LogP contribution is 2.06. The summed E-state index contributed by atoms with van der Waals surface area (Å²) in [6.45, 7) is 3.38. The highest BCUT2D eigenvalue weighted by Gasteiger charge is 2.29. The normalized spacial score (nSPS) is 12.7. The molecular weight excluding hydrogens is 136 g/mol. The molecule has 0 unspecified atom stereocenters. The Morgan fingerprint density at radius 3 is 1.56 bits per heavy atom. The lowest BCUT2D eigenvalue weighted by Gasteiger charge is -2.23. The molecule has 0 radical (unpaired) electrons. The fourth-order valence-electron chi connectivity index (χ4n) is 0.673. The zero-order chi connectivity index (χ0) is 7.49. The zero-order valence-electron chi connectivity index (χ0n) is 6.34. The van der Waals surface area contributed by atoms with Crippen molar-refractivity contribution in [3.63, 3.8) is 0 Å². The molecule has 0 atom stereocenters. The Labute approximate surface area is 57.4 Å². The van der Waals surface area contributed by atoms with E-state index < -0.39 is 14.5 Å². The number of aliphatic hydroxyl groups is 1. The molecule has 0 bridgehead atoms. The molecule has 0 aliphatic rings. The van der Waals surface area contributed by atoms with Crippen molar-refractivity contribution in [2.24, 2.45) is 0 Å². The first-order chi connectivity index (χ1) is 4.02. The first-order valence-electron chi connectivity index (χ1n) is 2.80. The maximum Gasteiger partial charge on any atom is 0.353 e. The van der Waals surface area contributed by atoms with Crippen LogP contribution >= 0.6 is 0 Å². The number of hydrogen-bond acceptors (Lipinski definition) is 3. The SMILES string of the molecule is CO[SiH](OC)C(C)(C)O. The second-order valence-electron chi connectivity index (χ2n) is 2.46. The van der Waals surface area contributed by atoms with Gasteiger partial charge < -0.3 is 14.0 Å². The second-order valence-corrected chi connectivity index (χ2v) is 5.48. The van der Waals surface area contributed by atoms with E-state index in [0.29, 0.717) is 0 Å². The average Bonchev–Trinajstić information content (AvgIpc) is 1.65. The molecule has 0 saturated carbocycles. The molecule has 0 aromatic rings. The van der Waals surface area contributed by atoms with Gasteiger partial charge in [0, 0.05) is 14.2 Å². The van der Waals surface area contributed by atoms with Crippen LogP contribution in [0.15, 0.2) is 0 Å². The summed E-state index contributed by atoms with van der Waals surface area (Å²) in [7, 11) is 1.28. The van der Waals surface area contributed by atoms with E-state index in [4.69, 9.17) is 8.85 Å². The fourth-order valence-corrected chi connectivity index (χ4v) is 2.02. The molecule has 1 N–H and O–H groups in total. The van der Waals surface area contributed by atoms with Crippen molar-refractivity contribution in [2.75, 3.05) is 14.2 Å². The van der Waals surface area contributed by atoms with Gasteiger partial charge in [0.1, 0.15) is 0 Å². The predicted molar refractivity (Wildman–Crippen MR) is 37.5 cm³/mol. The van der Waals surface area contributed by atoms with Crippen molar-refractivity contribution in [2.45, 2.75) is 19.1 Å². The minimum Gasteiger partial charge on any atom is -0.398 e. The van der Waals surface area contributed by atoms with Crippen molar-refractivity contribution in [3.05, 3.63) is 0 Å². The van der Waals surface area contributed by atoms with Crippen molar-refractivity contribution < 1.29 is 14.0 Å². The Balaban J connectivity index is 3.79. The lowest BCUT2D eigenvalue weighted by atomic mass is 10.5. The molecule has 9 heavy (non-hydrogen) atoms. The molecule has 0 aliphatic carbocycles. The van der Waals surface area contributed by atoms with Crippen LogP contribution < -0.4 is 0 Å². The molecule has 0 saturated heterocycles. The van der Waals surface area contributed by atoms with Gasteiger partial charge in [-0.05, 0) is 13.8 Å². The van der Waals surface area contributed by atoms with Gasteiger partial charge in [0.2, 0.25) is 0 Å². The van der Waals surface area contributed by atoms with Crippen molar-refractivity contribution in [1.29, 1.82) is 0 Å². The highest BCUT2D eigenvalue weighted by atomic mass is 28.3. The molecule has 3 nitrogen and oxygen atoms in total. The third kappa shape index (κ3) is 2.95. The summed E-state index contributed by atoms with van der Waals surface area (Å²) in [4.78, 5) is 0. The first kappa shape index (κ1) is 9.10. The van der Waals surface area contributed by atoms with Gasteiger partial charge in [0.25, 0.3) is 0 Å². The summed E-state index contributed by atoms with van der Waals surface area (Å²) >= 11 is 0. The lowest BCUT2D eigenvalue weighted by molar-refractivity contribution is 0.0994. The van der Waals surface area contributed by atoms with Gasteiger partial charge in [-0.1, -0.05) is 0 Å². The highest BCUT2D eigenvalue weighted by molar-refractivity contribution is 6.47. The molecule has 56 valence electrons. The van der Waals surface area contributed by atoms with Crippen molar-refractivity contribution in [1.82, 2.24) is 0 Å². The maximum atomic E-state index is 9.29. The van der Waals surface area contributed by atoms with Crippen LogP contribution in [0.3, 0.4) is 0 Å². The Morgan fingerprint density at radius 2 is 1.56 bits per heavy atom. The smallest absolute Gasteiger partial charge is 0.353 e. The van der Waals surface area contributed by atoms with Gasteiger partial charge in [0.05, 0.1) is 5.22 Å². The van der Waals surface area contributed by atoms with Crippen LogP contribution in [0.1, 0.15) is 13.8 Å². The molecule has 4 heteroatoms. The third-order valence-corrected chi connectivity index (χ3v) is 3.01. The second kappa shape index (κ2) is 3.31. The van der Waals surface area contributed by atoms with Crippen LogP contribution in [-0.2, 0) is 8.85 Å². The topological polar surface area (TPSA) is 38.7 Å². The van der Waals surface area contributed by atoms with Crippen LogP contribution in [0.4, 0.5) is 0 Å². The van der Waals surface area contributed by atoms with Gasteiger partial charge in [-0.25, -0.2) is 0 Å². The summed E-state index contributed by atoms with van der Waals surface area (Å²) in [5, 5.41) is 8.50. The van der Waals surface area contributed by atoms with Crippen molar-refractivity contribution in [3.8, 4) is 0 Å². The van der Waals surface area contributed by atoms with Crippen LogP contribution in [0, 0.1) is 0 Å². The Bertz CT molecular complexity index is 74.8. The minimum absolute atomic E-state index is 0.788. The van der Waals surface area contributed by atoms with E-state index in [0.717, 1.165) is 0 Å². The monoisotopic (exact) mass is 150 g/mol. The Kier molecular flexibility index (Phi) is 3.35. The summed E-state index contributed by atoms with van der Waals surface area (Å²) in [6, 6.07) is 0. The van der Waals surface area contributed by atoms with Crippen molar-refractivity contribution >= 4 is 9.28 Å². The molecule has 0 aromatic heterocycles. The molecule has 0 aromatic carbocycles. The van der Waals surface area contributed by atoms with Gasteiger partial charge in [0.15, 0.2) is 0 Å². The summed E-state index contributed by atoms with van der Waals surface area (Å²) < 4.78 is 9.86. The quantitative estimate of drug-likeness (QED) is 0.567. The first-order valence-corrected chi connectivity index (χ1v) is 4.32. The summed E-state index contributed by atoms with van der Waals surface area (Å²) in [6.07, 6.45) is 0. The molecule has 0 fully saturated rings. The van der Waals surface area contributed by atoms with E-state index in [9.17, 15) is 5.11 Å². The van der Waals surface area contributed by atoms with E-state index in [-0.39, 0.29) is 0 Å². The molecule has 0 rings (SSSR count). The van der Waals surface area contributed by atoms with Crippen LogP contribution in [0.5, 0.6) is 0 Å². The Hall–Kier alpha value is 0.0969. The lowest BCUT2D eigenvalue weighted by Crippen LogP contribution is -2.43. The molecule has 0 heterocycles. The number of hydrogen-bond donors (Lipinski definition) is 1. The van der Waals surface area contributed by atoms with E-state index in [2.05, 4.69) is 0 Å². The average molecular weight is 150 g/mol. The molecule has 0 amide bonds. The Morgan fingerprint density at radius 1 is 1.22 bits per heavy atom. The molecule has 0 aliphatic heterocycles. The fraction of sp³-hybridized carbons (Fsp3) is 1.00. The summed E-state index contributed by atoms with van der Waals surface area (Å²) in [5.74, 6) is 0. The largest absolute Gasteiger partial charge is 0.398 e. The van der Waals surface area contributed by atoms with E-state index in [1.807, 2.05) is 0 Å². The predicted octanol–water partition coefficient (Wildman–Crippen LogP) is -0.190. The van der Waals surface area contributed by atoms with E-state index >= 15 is 0 Å². The standard InChI is InChI=1S/C5H14O3Si/c1-5(2,6)9(7-3)8-4/h6,9H,1-4H3. The van der Waals surface area contributed by atoms with Crippen LogP contribution in [0.2, 0.25) is 0 Å². The minimum atomic E-state index is -1.82. The number of rotatable bonds is 3. The van der Waals surface area contributed by atoms with Gasteiger partial charge in [-0.3, -0.25) is 0 Å². The van der Waals surface area contributed by atoms with Gasteiger partial charge in [-0.2, -0.15) is 0 Å². The molecule has 0 spiro atoms. The van der Waals surface area contributed by atoms with E-state index in [1.165, 1.54) is 0 Å². The van der Waals surface area contributed by atoms with E-state index in [1.54, 1.807) is 28.1 Å². The van der Waals surface area contributed by atoms with Crippen LogP contribution in [0.25, 0.3) is 0 Å².